The smallest absolute Gasteiger partial charge is 0.0671 e. The van der Waals surface area contributed by atoms with E-state index in [-0.39, 0.29) is 5.41 Å². The predicted molar refractivity (Wildman–Crippen MR) is 62.1 cm³/mol. The summed E-state index contributed by atoms with van der Waals surface area (Å²) in [5, 5.41) is 0. The van der Waals surface area contributed by atoms with Gasteiger partial charge in [-0.15, -0.1) is 0 Å². The van der Waals surface area contributed by atoms with Gasteiger partial charge >= 0.3 is 0 Å². The molecule has 2 atom stereocenters. The van der Waals surface area contributed by atoms with Gasteiger partial charge in [0.05, 0.1) is 18.8 Å². The lowest BCUT2D eigenvalue weighted by Gasteiger charge is -2.44. The van der Waals surface area contributed by atoms with Crippen LogP contribution in [0.15, 0.2) is 0 Å². The van der Waals surface area contributed by atoms with Crippen molar-refractivity contribution in [2.45, 2.75) is 39.4 Å². The number of nitrogens with zero attached hydrogens (tertiary/aromatic N) is 1. The molecule has 0 bridgehead atoms. The Bertz CT molecular complexity index is 196. The zero-order valence-electron chi connectivity index (χ0n) is 10.7. The van der Waals surface area contributed by atoms with Gasteiger partial charge in [-0.05, 0) is 27.3 Å². The average Bonchev–Trinajstić information content (AvgIpc) is 2.15. The lowest BCUT2D eigenvalue weighted by Crippen LogP contribution is -2.52. The fraction of sp³-hybridized carbons (Fsp3) is 1.00. The highest BCUT2D eigenvalue weighted by Gasteiger charge is 2.39. The van der Waals surface area contributed by atoms with Gasteiger partial charge in [0.2, 0.25) is 0 Å². The molecule has 3 nitrogen and oxygen atoms in total. The SMILES string of the molecule is COC1CCN(C)C[C@]1(C)COC(C)C. The van der Waals surface area contributed by atoms with Crippen LogP contribution in [0.25, 0.3) is 0 Å². The summed E-state index contributed by atoms with van der Waals surface area (Å²) in [6.45, 7) is 9.39. The van der Waals surface area contributed by atoms with Gasteiger partial charge in [0.15, 0.2) is 0 Å². The summed E-state index contributed by atoms with van der Waals surface area (Å²) in [7, 11) is 3.98. The first-order valence-electron chi connectivity index (χ1n) is 5.81. The van der Waals surface area contributed by atoms with Gasteiger partial charge in [0, 0.05) is 25.6 Å². The van der Waals surface area contributed by atoms with E-state index >= 15 is 0 Å². The fourth-order valence-corrected chi connectivity index (χ4v) is 2.38. The first-order valence-corrected chi connectivity index (χ1v) is 5.81. The molecule has 0 amide bonds. The van der Waals surface area contributed by atoms with Crippen LogP contribution in [0.3, 0.4) is 0 Å². The third kappa shape index (κ3) is 3.44. The van der Waals surface area contributed by atoms with Crippen molar-refractivity contribution in [1.29, 1.82) is 0 Å². The maximum atomic E-state index is 5.76. The normalized spacial score (nSPS) is 33.6. The van der Waals surface area contributed by atoms with Crippen LogP contribution < -0.4 is 0 Å². The lowest BCUT2D eigenvalue weighted by molar-refractivity contribution is -0.104. The molecule has 0 N–H and O–H groups in total. The number of hydrogen-bond acceptors (Lipinski definition) is 3. The minimum absolute atomic E-state index is 0.131. The second-order valence-corrected chi connectivity index (χ2v) is 5.26. The minimum atomic E-state index is 0.131. The van der Waals surface area contributed by atoms with Gasteiger partial charge in [0.1, 0.15) is 0 Å². The van der Waals surface area contributed by atoms with E-state index in [1.165, 1.54) is 0 Å². The molecule has 0 aromatic carbocycles. The molecule has 0 aromatic rings. The van der Waals surface area contributed by atoms with Crippen LogP contribution in [0.1, 0.15) is 27.2 Å². The first kappa shape index (κ1) is 12.9. The van der Waals surface area contributed by atoms with Crippen molar-refractivity contribution in [3.05, 3.63) is 0 Å². The van der Waals surface area contributed by atoms with Crippen molar-refractivity contribution in [3.63, 3.8) is 0 Å². The number of likely N-dealkylation sites (tertiary alicyclic amines) is 1. The number of piperidine rings is 1. The number of ether oxygens (including phenoxy) is 2. The van der Waals surface area contributed by atoms with Crippen LogP contribution in [-0.2, 0) is 9.47 Å². The monoisotopic (exact) mass is 215 g/mol. The highest BCUT2D eigenvalue weighted by Crippen LogP contribution is 2.31. The molecule has 0 spiro atoms. The molecule has 15 heavy (non-hydrogen) atoms. The summed E-state index contributed by atoms with van der Waals surface area (Å²) in [4.78, 5) is 2.36. The molecule has 0 aromatic heterocycles. The zero-order chi connectivity index (χ0) is 11.5. The Balaban J connectivity index is 2.58. The molecule has 1 unspecified atom stereocenters. The quantitative estimate of drug-likeness (QED) is 0.713. The molecular weight excluding hydrogens is 190 g/mol. The molecule has 0 aliphatic carbocycles. The van der Waals surface area contributed by atoms with Crippen LogP contribution in [0, 0.1) is 5.41 Å². The van der Waals surface area contributed by atoms with E-state index in [9.17, 15) is 0 Å². The van der Waals surface area contributed by atoms with Gasteiger partial charge in [-0.1, -0.05) is 6.92 Å². The standard InChI is InChI=1S/C12H25NO2/c1-10(2)15-9-12(3)8-13(4)7-6-11(12)14-5/h10-11H,6-9H2,1-5H3/t11?,12-/m1/s1. The second-order valence-electron chi connectivity index (χ2n) is 5.26. The summed E-state index contributed by atoms with van der Waals surface area (Å²) in [5.74, 6) is 0. The molecule has 3 heteroatoms. The van der Waals surface area contributed by atoms with E-state index in [0.717, 1.165) is 26.1 Å². The largest absolute Gasteiger partial charge is 0.381 e. The van der Waals surface area contributed by atoms with E-state index in [1.807, 2.05) is 7.11 Å². The third-order valence-corrected chi connectivity index (χ3v) is 3.21. The third-order valence-electron chi connectivity index (χ3n) is 3.21. The van der Waals surface area contributed by atoms with E-state index < -0.39 is 0 Å². The lowest BCUT2D eigenvalue weighted by atomic mass is 9.80. The highest BCUT2D eigenvalue weighted by molar-refractivity contribution is 4.90. The van der Waals surface area contributed by atoms with Crippen LogP contribution in [0.2, 0.25) is 0 Å². The van der Waals surface area contributed by atoms with Crippen molar-refractivity contribution in [2.75, 3.05) is 33.9 Å². The molecule has 0 saturated carbocycles. The highest BCUT2D eigenvalue weighted by atomic mass is 16.5. The maximum Gasteiger partial charge on any atom is 0.0671 e. The molecule has 1 aliphatic heterocycles. The van der Waals surface area contributed by atoms with Crippen molar-refractivity contribution in [1.82, 2.24) is 4.90 Å². The van der Waals surface area contributed by atoms with Gasteiger partial charge in [-0.2, -0.15) is 0 Å². The Morgan fingerprint density at radius 3 is 2.67 bits per heavy atom. The van der Waals surface area contributed by atoms with Crippen molar-refractivity contribution < 1.29 is 9.47 Å². The number of methoxy groups -OCH3 is 1. The predicted octanol–water partition coefficient (Wildman–Crippen LogP) is 1.77. The molecule has 1 aliphatic rings. The maximum absolute atomic E-state index is 5.76. The van der Waals surface area contributed by atoms with Gasteiger partial charge in [-0.25, -0.2) is 0 Å². The summed E-state index contributed by atoms with van der Waals surface area (Å²) in [5.41, 5.74) is 0.131. The van der Waals surface area contributed by atoms with Crippen molar-refractivity contribution in [3.8, 4) is 0 Å². The van der Waals surface area contributed by atoms with E-state index in [4.69, 9.17) is 9.47 Å². The van der Waals surface area contributed by atoms with E-state index in [0.29, 0.717) is 12.2 Å². The Morgan fingerprint density at radius 1 is 1.47 bits per heavy atom. The Labute approximate surface area is 93.7 Å². The molecule has 1 saturated heterocycles. The molecule has 1 rings (SSSR count). The van der Waals surface area contributed by atoms with Crippen LogP contribution in [-0.4, -0.2) is 51.0 Å². The fourth-order valence-electron chi connectivity index (χ4n) is 2.38. The van der Waals surface area contributed by atoms with Crippen LogP contribution in [0.5, 0.6) is 0 Å². The van der Waals surface area contributed by atoms with Crippen LogP contribution >= 0.6 is 0 Å². The van der Waals surface area contributed by atoms with Gasteiger partial charge < -0.3 is 14.4 Å². The van der Waals surface area contributed by atoms with Gasteiger partial charge in [-0.3, -0.25) is 0 Å². The van der Waals surface area contributed by atoms with E-state index in [2.05, 4.69) is 32.7 Å². The average molecular weight is 215 g/mol. The summed E-state index contributed by atoms with van der Waals surface area (Å²) in [6, 6.07) is 0. The first-order chi connectivity index (χ1) is 6.98. The zero-order valence-corrected chi connectivity index (χ0v) is 10.7. The molecule has 0 radical (unpaired) electrons. The number of rotatable bonds is 4. The minimum Gasteiger partial charge on any atom is -0.381 e. The Hall–Kier alpha value is -0.120. The Kier molecular flexibility index (Phi) is 4.56. The Morgan fingerprint density at radius 2 is 2.13 bits per heavy atom. The summed E-state index contributed by atoms with van der Waals surface area (Å²) >= 11 is 0. The topological polar surface area (TPSA) is 21.7 Å². The second kappa shape index (κ2) is 5.28. The molecule has 90 valence electrons. The van der Waals surface area contributed by atoms with Crippen molar-refractivity contribution in [2.24, 2.45) is 5.41 Å². The molecule has 1 fully saturated rings. The van der Waals surface area contributed by atoms with E-state index in [1.54, 1.807) is 0 Å². The number of hydrogen-bond donors (Lipinski definition) is 0. The molecule has 1 heterocycles. The van der Waals surface area contributed by atoms with Gasteiger partial charge in [0.25, 0.3) is 0 Å². The van der Waals surface area contributed by atoms with Crippen LogP contribution in [0.4, 0.5) is 0 Å². The van der Waals surface area contributed by atoms with Crippen molar-refractivity contribution >= 4 is 0 Å². The molecular formula is C12H25NO2. The summed E-state index contributed by atoms with van der Waals surface area (Å²) < 4.78 is 11.3. The summed E-state index contributed by atoms with van der Waals surface area (Å²) in [6.07, 6.45) is 1.73.